The highest BCUT2D eigenvalue weighted by Crippen LogP contribution is 2.34. The van der Waals surface area contributed by atoms with Crippen molar-refractivity contribution >= 4 is 34.8 Å². The number of rotatable bonds is 4. The Morgan fingerprint density at radius 2 is 1.81 bits per heavy atom. The summed E-state index contributed by atoms with van der Waals surface area (Å²) in [4.78, 5) is 24.4. The highest BCUT2D eigenvalue weighted by Gasteiger charge is 2.37. The fourth-order valence-corrected chi connectivity index (χ4v) is 4.66. The molecular formula is C24H33ClF4N6O. The van der Waals surface area contributed by atoms with Crippen LogP contribution < -0.4 is 16.0 Å². The van der Waals surface area contributed by atoms with E-state index in [1.54, 1.807) is 9.80 Å². The molecule has 7 nitrogen and oxygen atoms in total. The van der Waals surface area contributed by atoms with Crippen LogP contribution in [0, 0.1) is 5.82 Å². The van der Waals surface area contributed by atoms with Gasteiger partial charge in [-0.2, -0.15) is 17.6 Å². The summed E-state index contributed by atoms with van der Waals surface area (Å²) in [5, 5.41) is 2.86. The summed E-state index contributed by atoms with van der Waals surface area (Å²) in [6.45, 7) is 5.46. The standard InChI is InChI=1S/C21H23ClF4N6O.C2H6.CH4/c22-13-7-12(21(24,25)26)8-14(9-13)30-16-4-2-6-32(20(16)33)15-3-1-5-31(10-15)19-17(23)18(27)28-11-29-19;1-2;/h7-9,11,15-16,30H,1-6,10H2,(H2,27,28,29);1-2H3;1H4. The number of alkyl halides is 3. The molecular weight excluding hydrogens is 500 g/mol. The predicted octanol–water partition coefficient (Wildman–Crippen LogP) is 5.60. The molecule has 0 spiro atoms. The number of aromatic nitrogens is 2. The van der Waals surface area contributed by atoms with Gasteiger partial charge in [0.15, 0.2) is 11.6 Å². The SMILES string of the molecule is C.CC.Nc1ncnc(N2CCCC(N3CCCC(Nc4cc(Cl)cc(C(F)(F)F)c4)C3=O)C2)c1F. The Labute approximate surface area is 214 Å². The monoisotopic (exact) mass is 532 g/mol. The van der Waals surface area contributed by atoms with Gasteiger partial charge in [-0.1, -0.05) is 32.9 Å². The van der Waals surface area contributed by atoms with E-state index in [1.807, 2.05) is 13.8 Å². The van der Waals surface area contributed by atoms with Crippen molar-refractivity contribution < 1.29 is 22.4 Å². The van der Waals surface area contributed by atoms with Crippen molar-refractivity contribution in [2.24, 2.45) is 0 Å². The molecule has 2 aliphatic heterocycles. The molecule has 4 rings (SSSR count). The molecule has 1 aromatic carbocycles. The van der Waals surface area contributed by atoms with E-state index in [0.717, 1.165) is 25.0 Å². The number of nitrogen functional groups attached to an aromatic ring is 1. The first-order valence-corrected chi connectivity index (χ1v) is 12.0. The minimum Gasteiger partial charge on any atom is -0.381 e. The number of halogens is 5. The molecule has 200 valence electrons. The molecule has 0 radical (unpaired) electrons. The Hall–Kier alpha value is -2.82. The molecule has 0 aliphatic carbocycles. The summed E-state index contributed by atoms with van der Waals surface area (Å²) in [6.07, 6.45) is -0.734. The third kappa shape index (κ3) is 6.68. The fraction of sp³-hybridized carbons (Fsp3) is 0.542. The molecule has 36 heavy (non-hydrogen) atoms. The molecule has 2 aromatic rings. The summed E-state index contributed by atoms with van der Waals surface area (Å²) in [7, 11) is 0. The van der Waals surface area contributed by atoms with Crippen molar-refractivity contribution in [3.05, 3.63) is 40.9 Å². The summed E-state index contributed by atoms with van der Waals surface area (Å²) in [5.41, 5.74) is 4.82. The number of carbonyl (C=O) groups is 1. The first-order valence-electron chi connectivity index (χ1n) is 11.6. The van der Waals surface area contributed by atoms with Gasteiger partial charge in [-0.15, -0.1) is 0 Å². The average Bonchev–Trinajstić information content (AvgIpc) is 2.83. The number of hydrogen-bond donors (Lipinski definition) is 2. The average molecular weight is 533 g/mol. The van der Waals surface area contributed by atoms with Gasteiger partial charge in [0, 0.05) is 36.4 Å². The summed E-state index contributed by atoms with van der Waals surface area (Å²) in [5.74, 6) is -1.03. The Bertz CT molecular complexity index is 1040. The first-order chi connectivity index (χ1) is 16.6. The third-order valence-electron chi connectivity index (χ3n) is 5.97. The molecule has 0 saturated carbocycles. The van der Waals surface area contributed by atoms with Crippen molar-refractivity contribution in [2.45, 2.75) is 65.2 Å². The lowest BCUT2D eigenvalue weighted by atomic mass is 9.97. The first kappa shape index (κ1) is 29.4. The van der Waals surface area contributed by atoms with Crippen LogP contribution in [0.3, 0.4) is 0 Å². The van der Waals surface area contributed by atoms with Crippen molar-refractivity contribution in [3.63, 3.8) is 0 Å². The van der Waals surface area contributed by atoms with E-state index in [4.69, 9.17) is 17.3 Å². The molecule has 2 atom stereocenters. The number of nitrogens with zero attached hydrogens (tertiary/aromatic N) is 4. The number of hydrogen-bond acceptors (Lipinski definition) is 6. The normalized spacial score (nSPS) is 20.2. The Morgan fingerprint density at radius 3 is 2.50 bits per heavy atom. The van der Waals surface area contributed by atoms with Gasteiger partial charge in [-0.25, -0.2) is 9.97 Å². The van der Waals surface area contributed by atoms with E-state index in [9.17, 15) is 22.4 Å². The van der Waals surface area contributed by atoms with E-state index < -0.39 is 23.6 Å². The molecule has 2 saturated heterocycles. The Balaban J connectivity index is 0.00000148. The molecule has 3 heterocycles. The van der Waals surface area contributed by atoms with Crippen LogP contribution in [0.5, 0.6) is 0 Å². The lowest BCUT2D eigenvalue weighted by Crippen LogP contribution is -2.56. The van der Waals surface area contributed by atoms with Crippen molar-refractivity contribution in [2.75, 3.05) is 35.6 Å². The van der Waals surface area contributed by atoms with Crippen molar-refractivity contribution in [1.29, 1.82) is 0 Å². The number of likely N-dealkylation sites (tertiary alicyclic amines) is 1. The van der Waals surface area contributed by atoms with Crippen LogP contribution >= 0.6 is 11.6 Å². The van der Waals surface area contributed by atoms with Gasteiger partial charge in [-0.3, -0.25) is 4.79 Å². The van der Waals surface area contributed by atoms with Crippen LogP contribution in [-0.4, -0.2) is 52.5 Å². The number of benzene rings is 1. The minimum atomic E-state index is -4.55. The van der Waals surface area contributed by atoms with Gasteiger partial charge in [0.25, 0.3) is 0 Å². The van der Waals surface area contributed by atoms with Crippen LogP contribution in [0.25, 0.3) is 0 Å². The number of nitrogens with two attached hydrogens (primary N) is 1. The van der Waals surface area contributed by atoms with Crippen LogP contribution in [0.4, 0.5) is 34.9 Å². The maximum atomic E-state index is 14.4. The molecule has 2 aliphatic rings. The highest BCUT2D eigenvalue weighted by molar-refractivity contribution is 6.31. The summed E-state index contributed by atoms with van der Waals surface area (Å²) < 4.78 is 53.8. The van der Waals surface area contributed by atoms with Gasteiger partial charge in [0.05, 0.1) is 5.56 Å². The van der Waals surface area contributed by atoms with Crippen LogP contribution in [-0.2, 0) is 11.0 Å². The van der Waals surface area contributed by atoms with E-state index in [2.05, 4.69) is 15.3 Å². The maximum absolute atomic E-state index is 14.4. The minimum absolute atomic E-state index is 0. The van der Waals surface area contributed by atoms with Gasteiger partial charge in [0.2, 0.25) is 11.7 Å². The number of amides is 1. The predicted molar refractivity (Wildman–Crippen MR) is 135 cm³/mol. The Morgan fingerprint density at radius 1 is 1.11 bits per heavy atom. The Kier molecular flexibility index (Phi) is 10.2. The van der Waals surface area contributed by atoms with Crippen molar-refractivity contribution in [3.8, 4) is 0 Å². The van der Waals surface area contributed by atoms with Crippen molar-refractivity contribution in [1.82, 2.24) is 14.9 Å². The van der Waals surface area contributed by atoms with E-state index in [-0.39, 0.29) is 41.7 Å². The number of anilines is 3. The number of carbonyl (C=O) groups excluding carboxylic acids is 1. The second kappa shape index (κ2) is 12.4. The summed E-state index contributed by atoms with van der Waals surface area (Å²) in [6, 6.07) is 2.30. The molecule has 3 N–H and O–H groups in total. The number of nitrogens with one attached hydrogen (secondary N) is 1. The third-order valence-corrected chi connectivity index (χ3v) is 6.19. The zero-order valence-electron chi connectivity index (χ0n) is 19.6. The van der Waals surface area contributed by atoms with Gasteiger partial charge >= 0.3 is 6.18 Å². The van der Waals surface area contributed by atoms with Gasteiger partial charge < -0.3 is 20.9 Å². The highest BCUT2D eigenvalue weighted by atomic mass is 35.5. The largest absolute Gasteiger partial charge is 0.416 e. The second-order valence-electron chi connectivity index (χ2n) is 8.24. The summed E-state index contributed by atoms with van der Waals surface area (Å²) >= 11 is 5.87. The molecule has 0 bridgehead atoms. The van der Waals surface area contributed by atoms with Crippen LogP contribution in [0.2, 0.25) is 5.02 Å². The zero-order valence-corrected chi connectivity index (χ0v) is 20.3. The smallest absolute Gasteiger partial charge is 0.381 e. The quantitative estimate of drug-likeness (QED) is 0.498. The number of piperidine rings is 2. The topological polar surface area (TPSA) is 87.4 Å². The molecule has 2 unspecified atom stereocenters. The lowest BCUT2D eigenvalue weighted by molar-refractivity contribution is -0.137. The van der Waals surface area contributed by atoms with Crippen LogP contribution in [0.15, 0.2) is 24.5 Å². The van der Waals surface area contributed by atoms with Gasteiger partial charge in [0.1, 0.15) is 12.4 Å². The fourth-order valence-electron chi connectivity index (χ4n) is 4.43. The second-order valence-corrected chi connectivity index (χ2v) is 8.67. The van der Waals surface area contributed by atoms with E-state index >= 15 is 0 Å². The van der Waals surface area contributed by atoms with E-state index in [1.165, 1.54) is 12.4 Å². The zero-order chi connectivity index (χ0) is 25.8. The molecule has 12 heteroatoms. The maximum Gasteiger partial charge on any atom is 0.416 e. The van der Waals surface area contributed by atoms with E-state index in [0.29, 0.717) is 32.5 Å². The molecule has 2 fully saturated rings. The molecule has 1 aromatic heterocycles. The molecule has 1 amide bonds. The van der Waals surface area contributed by atoms with Crippen LogP contribution in [0.1, 0.15) is 52.5 Å². The lowest BCUT2D eigenvalue weighted by Gasteiger charge is -2.43. The van der Waals surface area contributed by atoms with Gasteiger partial charge in [-0.05, 0) is 43.9 Å².